The summed E-state index contributed by atoms with van der Waals surface area (Å²) in [6.45, 7) is 8.70. The number of aromatic nitrogens is 1. The smallest absolute Gasteiger partial charge is 0.0705 e. The van der Waals surface area contributed by atoms with Gasteiger partial charge in [0.1, 0.15) is 0 Å². The molecule has 0 fully saturated rings. The van der Waals surface area contributed by atoms with Crippen molar-refractivity contribution in [2.45, 2.75) is 6.42 Å². The lowest BCUT2D eigenvalue weighted by atomic mass is 9.80. The minimum Gasteiger partial charge on any atom is -0.256 e. The molecule has 8 rings (SSSR count). The van der Waals surface area contributed by atoms with E-state index >= 15 is 0 Å². The van der Waals surface area contributed by atoms with Crippen molar-refractivity contribution in [3.05, 3.63) is 163 Å². The van der Waals surface area contributed by atoms with Crippen molar-refractivity contribution in [3.63, 3.8) is 0 Å². The second-order valence-corrected chi connectivity index (χ2v) is 11.2. The van der Waals surface area contributed by atoms with Gasteiger partial charge in [-0.15, -0.1) is 0 Å². The highest BCUT2D eigenvalue weighted by Crippen LogP contribution is 2.51. The first-order chi connectivity index (χ1) is 21.3. The maximum Gasteiger partial charge on any atom is 0.0705 e. The highest BCUT2D eigenvalue weighted by Gasteiger charge is 2.28. The van der Waals surface area contributed by atoms with Gasteiger partial charge in [0.25, 0.3) is 0 Å². The zero-order chi connectivity index (χ0) is 28.9. The Kier molecular flexibility index (Phi) is 5.91. The van der Waals surface area contributed by atoms with Gasteiger partial charge in [0.15, 0.2) is 0 Å². The van der Waals surface area contributed by atoms with E-state index in [1.54, 1.807) is 0 Å². The van der Waals surface area contributed by atoms with Gasteiger partial charge in [-0.25, -0.2) is 0 Å². The first kappa shape index (κ1) is 25.2. The van der Waals surface area contributed by atoms with Crippen molar-refractivity contribution in [1.29, 1.82) is 0 Å². The molecule has 1 heteroatoms. The average molecular weight is 548 g/mol. The van der Waals surface area contributed by atoms with Crippen LogP contribution in [0.4, 0.5) is 0 Å². The molecule has 1 aliphatic rings. The summed E-state index contributed by atoms with van der Waals surface area (Å²) >= 11 is 0. The minimum absolute atomic E-state index is 0.885. The summed E-state index contributed by atoms with van der Waals surface area (Å²) in [5.74, 6) is 0. The third kappa shape index (κ3) is 3.90. The molecule has 0 radical (unpaired) electrons. The maximum absolute atomic E-state index is 4.74. The fraction of sp³-hybridized carbons (Fsp3) is 0.0238. The maximum atomic E-state index is 4.74. The first-order valence-electron chi connectivity index (χ1n) is 14.8. The van der Waals surface area contributed by atoms with Crippen molar-refractivity contribution >= 4 is 33.7 Å². The molecule has 1 nitrogen and oxygen atoms in total. The molecular formula is C42H29N. The summed E-state index contributed by atoms with van der Waals surface area (Å²) in [4.78, 5) is 4.74. The first-order valence-corrected chi connectivity index (χ1v) is 14.8. The van der Waals surface area contributed by atoms with Gasteiger partial charge in [-0.3, -0.25) is 4.98 Å². The number of hydrogen-bond donors (Lipinski definition) is 0. The van der Waals surface area contributed by atoms with E-state index in [2.05, 4.69) is 128 Å². The van der Waals surface area contributed by atoms with Crippen molar-refractivity contribution in [2.24, 2.45) is 0 Å². The summed E-state index contributed by atoms with van der Waals surface area (Å²) in [6, 6.07) is 43.6. The van der Waals surface area contributed by atoms with Gasteiger partial charge in [0, 0.05) is 11.8 Å². The van der Waals surface area contributed by atoms with E-state index in [1.807, 2.05) is 24.4 Å². The van der Waals surface area contributed by atoms with E-state index in [0.29, 0.717) is 0 Å². The van der Waals surface area contributed by atoms with Gasteiger partial charge in [0.2, 0.25) is 0 Å². The SMILES string of the molecule is C=Cc1c(C=C)c(-c2ccc(-c3ccccn3)c3c2-c2ccccc2C3)c2ccccc2c1-c1ccc2ccccc2c1. The predicted octanol–water partition coefficient (Wildman–Crippen LogP) is 11.2. The standard InChI is InChI=1S/C42H29N/c1-3-31-32(4-2)41(36-18-10-9-17-35(36)40(31)30-21-20-27-13-5-6-14-28(27)25-30)37-23-22-34(39-19-11-12-24-43-39)38-26-29-15-7-8-16-33(29)42(37)38/h3-25H,1-2,26H2. The molecule has 0 spiro atoms. The van der Waals surface area contributed by atoms with Gasteiger partial charge in [0.05, 0.1) is 5.69 Å². The summed E-state index contributed by atoms with van der Waals surface area (Å²) in [5.41, 5.74) is 14.5. The largest absolute Gasteiger partial charge is 0.256 e. The molecule has 6 aromatic carbocycles. The zero-order valence-electron chi connectivity index (χ0n) is 23.8. The van der Waals surface area contributed by atoms with Crippen molar-refractivity contribution in [2.75, 3.05) is 0 Å². The fourth-order valence-electron chi connectivity index (χ4n) is 7.07. The Morgan fingerprint density at radius 2 is 1.21 bits per heavy atom. The van der Waals surface area contributed by atoms with Crippen molar-refractivity contribution in [3.8, 4) is 44.6 Å². The van der Waals surface area contributed by atoms with Gasteiger partial charge in [-0.2, -0.15) is 0 Å². The molecule has 0 saturated heterocycles. The fourth-order valence-corrected chi connectivity index (χ4v) is 7.07. The molecule has 0 aliphatic heterocycles. The van der Waals surface area contributed by atoms with Crippen LogP contribution in [-0.4, -0.2) is 4.98 Å². The number of nitrogens with zero attached hydrogens (tertiary/aromatic N) is 1. The van der Waals surface area contributed by atoms with E-state index in [0.717, 1.165) is 23.2 Å². The van der Waals surface area contributed by atoms with Crippen LogP contribution in [0.5, 0.6) is 0 Å². The van der Waals surface area contributed by atoms with Crippen LogP contribution in [0.1, 0.15) is 22.3 Å². The third-order valence-corrected chi connectivity index (χ3v) is 8.92. The van der Waals surface area contributed by atoms with E-state index in [-0.39, 0.29) is 0 Å². The van der Waals surface area contributed by atoms with Gasteiger partial charge in [-0.1, -0.05) is 128 Å². The second kappa shape index (κ2) is 10.1. The highest BCUT2D eigenvalue weighted by atomic mass is 14.7. The van der Waals surface area contributed by atoms with Crippen LogP contribution in [-0.2, 0) is 6.42 Å². The molecule has 0 unspecified atom stereocenters. The Morgan fingerprint density at radius 1 is 0.535 bits per heavy atom. The number of benzene rings is 6. The van der Waals surface area contributed by atoms with Crippen LogP contribution in [0, 0.1) is 0 Å². The van der Waals surface area contributed by atoms with Crippen LogP contribution >= 0.6 is 0 Å². The second-order valence-electron chi connectivity index (χ2n) is 11.2. The predicted molar refractivity (Wildman–Crippen MR) is 184 cm³/mol. The minimum atomic E-state index is 0.885. The summed E-state index contributed by atoms with van der Waals surface area (Å²) in [6.07, 6.45) is 6.79. The molecule has 202 valence electrons. The van der Waals surface area contributed by atoms with Crippen LogP contribution in [0.25, 0.3) is 78.3 Å². The summed E-state index contributed by atoms with van der Waals surface area (Å²) in [5, 5.41) is 4.88. The third-order valence-electron chi connectivity index (χ3n) is 8.92. The lowest BCUT2D eigenvalue weighted by Gasteiger charge is -2.22. The molecular weight excluding hydrogens is 518 g/mol. The van der Waals surface area contributed by atoms with Gasteiger partial charge >= 0.3 is 0 Å². The van der Waals surface area contributed by atoms with E-state index in [4.69, 9.17) is 4.98 Å². The molecule has 7 aromatic rings. The Bertz CT molecular complexity index is 2240. The lowest BCUT2D eigenvalue weighted by molar-refractivity contribution is 1.24. The summed E-state index contributed by atoms with van der Waals surface area (Å²) < 4.78 is 0. The molecule has 1 aromatic heterocycles. The Labute approximate surface area is 252 Å². The van der Waals surface area contributed by atoms with E-state index < -0.39 is 0 Å². The molecule has 0 bridgehead atoms. The quantitative estimate of drug-likeness (QED) is 0.209. The molecule has 0 N–H and O–H groups in total. The molecule has 1 heterocycles. The van der Waals surface area contributed by atoms with Crippen molar-refractivity contribution < 1.29 is 0 Å². The lowest BCUT2D eigenvalue weighted by Crippen LogP contribution is -1.98. The molecule has 1 aliphatic carbocycles. The number of pyridine rings is 1. The number of rotatable bonds is 5. The topological polar surface area (TPSA) is 12.9 Å². The highest BCUT2D eigenvalue weighted by molar-refractivity contribution is 6.14. The van der Waals surface area contributed by atoms with Gasteiger partial charge < -0.3 is 0 Å². The van der Waals surface area contributed by atoms with Crippen LogP contribution in [0.2, 0.25) is 0 Å². The van der Waals surface area contributed by atoms with E-state index in [9.17, 15) is 0 Å². The van der Waals surface area contributed by atoms with E-state index in [1.165, 1.54) is 71.6 Å². The zero-order valence-corrected chi connectivity index (χ0v) is 23.8. The molecule has 0 atom stereocenters. The molecule has 0 saturated carbocycles. The molecule has 43 heavy (non-hydrogen) atoms. The Morgan fingerprint density at radius 3 is 2.00 bits per heavy atom. The number of fused-ring (bicyclic) bond motifs is 5. The van der Waals surface area contributed by atoms with Crippen LogP contribution < -0.4 is 0 Å². The number of hydrogen-bond acceptors (Lipinski definition) is 1. The normalized spacial score (nSPS) is 11.8. The average Bonchev–Trinajstić information content (AvgIpc) is 3.47. The Hall–Kier alpha value is -5.53. The van der Waals surface area contributed by atoms with Gasteiger partial charge in [-0.05, 0) is 102 Å². The van der Waals surface area contributed by atoms with Crippen LogP contribution in [0.15, 0.2) is 141 Å². The van der Waals surface area contributed by atoms with Crippen LogP contribution in [0.3, 0.4) is 0 Å². The Balaban J connectivity index is 1.48. The monoisotopic (exact) mass is 547 g/mol. The van der Waals surface area contributed by atoms with Crippen molar-refractivity contribution in [1.82, 2.24) is 4.98 Å². The molecule has 0 amide bonds. The summed E-state index contributed by atoms with van der Waals surface area (Å²) in [7, 11) is 0.